The fourth-order valence-electron chi connectivity index (χ4n) is 5.52. The number of benzene rings is 2. The molecule has 0 spiro atoms. The number of hydrogen-bond acceptors (Lipinski definition) is 6. The van der Waals surface area contributed by atoms with Crippen molar-refractivity contribution in [1.82, 2.24) is 30.4 Å². The van der Waals surface area contributed by atoms with Gasteiger partial charge in [-0.25, -0.2) is 4.79 Å². The van der Waals surface area contributed by atoms with E-state index in [-0.39, 0.29) is 17.9 Å². The van der Waals surface area contributed by atoms with Crippen LogP contribution in [0.15, 0.2) is 78.3 Å². The van der Waals surface area contributed by atoms with Gasteiger partial charge in [0, 0.05) is 40.7 Å². The number of aromatic amines is 1. The van der Waals surface area contributed by atoms with Gasteiger partial charge in [-0.15, -0.1) is 21.5 Å². The number of nitrogens with one attached hydrogen (secondary N) is 3. The molecule has 0 bridgehead atoms. The van der Waals surface area contributed by atoms with E-state index in [0.717, 1.165) is 61.5 Å². The number of aromatic nitrogens is 4. The van der Waals surface area contributed by atoms with Gasteiger partial charge in [-0.1, -0.05) is 54.6 Å². The van der Waals surface area contributed by atoms with Gasteiger partial charge in [-0.2, -0.15) is 13.2 Å². The summed E-state index contributed by atoms with van der Waals surface area (Å²) in [5.74, 6) is -0.866. The van der Waals surface area contributed by atoms with Gasteiger partial charge in [-0.3, -0.25) is 4.79 Å². The quantitative estimate of drug-likeness (QED) is 0.154. The van der Waals surface area contributed by atoms with Crippen LogP contribution >= 0.6 is 11.3 Å². The molecule has 5 aromatic rings. The first kappa shape index (κ1) is 32.9. The van der Waals surface area contributed by atoms with Gasteiger partial charge in [0.1, 0.15) is 5.82 Å². The van der Waals surface area contributed by atoms with E-state index in [1.165, 1.54) is 15.8 Å². The molecule has 6 rings (SSSR count). The number of carbonyl (C=O) groups is 2. The maximum atomic E-state index is 13.5. The molecule has 2 aromatic carbocycles. The van der Waals surface area contributed by atoms with E-state index in [9.17, 15) is 18.0 Å². The number of carboxylic acids is 1. The van der Waals surface area contributed by atoms with Gasteiger partial charge in [0.25, 0.3) is 0 Å². The second-order valence-electron chi connectivity index (χ2n) is 11.1. The number of carbonyl (C=O) groups excluding carboxylic acids is 1. The van der Waals surface area contributed by atoms with Crippen LogP contribution in [-0.2, 0) is 35.4 Å². The predicted octanol–water partition coefficient (Wildman–Crippen LogP) is 5.69. The summed E-state index contributed by atoms with van der Waals surface area (Å²) in [7, 11) is 0. The minimum Gasteiger partial charge on any atom is -0.475 e. The van der Waals surface area contributed by atoms with Crippen LogP contribution in [0.3, 0.4) is 0 Å². The highest BCUT2D eigenvalue weighted by Gasteiger charge is 2.38. The average molecular weight is 653 g/mol. The maximum absolute atomic E-state index is 13.5. The van der Waals surface area contributed by atoms with Crippen molar-refractivity contribution in [3.63, 3.8) is 0 Å². The molecule has 1 fully saturated rings. The highest BCUT2D eigenvalue weighted by atomic mass is 32.1. The number of hydrogen-bond donors (Lipinski definition) is 4. The molecule has 4 heterocycles. The van der Waals surface area contributed by atoms with E-state index in [1.807, 2.05) is 12.1 Å². The van der Waals surface area contributed by atoms with Crippen molar-refractivity contribution in [2.75, 3.05) is 13.1 Å². The third-order valence-corrected chi connectivity index (χ3v) is 8.77. The van der Waals surface area contributed by atoms with Gasteiger partial charge in [-0.05, 0) is 61.0 Å². The predicted molar refractivity (Wildman–Crippen MR) is 169 cm³/mol. The SMILES string of the molecule is O=C(N[C@H](Cc1c[nH]c2ccccc12)c1nnc(CCc2ccccc2)n1Cc1cccs1)C1CCNCC1.O=C(O)C(F)(F)F. The van der Waals surface area contributed by atoms with E-state index >= 15 is 0 Å². The molecule has 242 valence electrons. The second-order valence-corrected chi connectivity index (χ2v) is 12.1. The molecule has 9 nitrogen and oxygen atoms in total. The lowest BCUT2D eigenvalue weighted by Gasteiger charge is -2.25. The number of para-hydroxylation sites is 1. The fourth-order valence-corrected chi connectivity index (χ4v) is 6.22. The van der Waals surface area contributed by atoms with Crippen molar-refractivity contribution in [3.8, 4) is 0 Å². The molecule has 4 N–H and O–H groups in total. The zero-order valence-corrected chi connectivity index (χ0v) is 25.8. The highest BCUT2D eigenvalue weighted by molar-refractivity contribution is 7.09. The zero-order valence-electron chi connectivity index (χ0n) is 25.0. The molecule has 1 amide bonds. The van der Waals surface area contributed by atoms with Crippen LogP contribution in [0.4, 0.5) is 13.2 Å². The van der Waals surface area contributed by atoms with Crippen LogP contribution in [0.5, 0.6) is 0 Å². The Labute approximate surface area is 267 Å². The Kier molecular flexibility index (Phi) is 10.9. The van der Waals surface area contributed by atoms with Crippen molar-refractivity contribution in [2.45, 2.75) is 50.9 Å². The van der Waals surface area contributed by atoms with Crippen molar-refractivity contribution in [3.05, 3.63) is 106 Å². The van der Waals surface area contributed by atoms with Crippen molar-refractivity contribution in [2.24, 2.45) is 5.92 Å². The Hall–Kier alpha value is -4.49. The lowest BCUT2D eigenvalue weighted by molar-refractivity contribution is -0.192. The summed E-state index contributed by atoms with van der Waals surface area (Å²) >= 11 is 1.73. The summed E-state index contributed by atoms with van der Waals surface area (Å²) in [6.07, 6.45) is 1.00. The molecule has 1 saturated heterocycles. The number of halogens is 3. The number of H-pyrrole nitrogens is 1. The van der Waals surface area contributed by atoms with E-state index in [2.05, 4.69) is 86.4 Å². The minimum absolute atomic E-state index is 0.0166. The van der Waals surface area contributed by atoms with Crippen molar-refractivity contribution in [1.29, 1.82) is 0 Å². The van der Waals surface area contributed by atoms with Crippen LogP contribution in [0.1, 0.15) is 46.5 Å². The highest BCUT2D eigenvalue weighted by Crippen LogP contribution is 2.27. The number of rotatable bonds is 10. The van der Waals surface area contributed by atoms with Crippen molar-refractivity contribution >= 4 is 34.1 Å². The molecule has 1 aliphatic rings. The van der Waals surface area contributed by atoms with Gasteiger partial charge in [0.15, 0.2) is 5.82 Å². The number of alkyl halides is 3. The summed E-state index contributed by atoms with van der Waals surface area (Å²) in [6, 6.07) is 22.8. The first-order valence-corrected chi connectivity index (χ1v) is 15.9. The Morgan fingerprint density at radius 2 is 1.72 bits per heavy atom. The number of aryl methyl sites for hydroxylation is 2. The number of piperidine rings is 1. The topological polar surface area (TPSA) is 125 Å². The third kappa shape index (κ3) is 8.61. The van der Waals surface area contributed by atoms with Gasteiger partial charge in [0.2, 0.25) is 5.91 Å². The summed E-state index contributed by atoms with van der Waals surface area (Å²) < 4.78 is 34.0. The molecule has 3 aromatic heterocycles. The van der Waals surface area contributed by atoms with Crippen LogP contribution < -0.4 is 10.6 Å². The summed E-state index contributed by atoms with van der Waals surface area (Å²) in [5, 5.41) is 26.6. The van der Waals surface area contributed by atoms with Gasteiger partial charge in [0.05, 0.1) is 12.6 Å². The Balaban J connectivity index is 0.000000537. The maximum Gasteiger partial charge on any atom is 0.490 e. The molecule has 1 atom stereocenters. The molecule has 1 aliphatic heterocycles. The zero-order chi connectivity index (χ0) is 32.5. The minimum atomic E-state index is -5.08. The molecule has 0 aliphatic carbocycles. The molecular weight excluding hydrogens is 617 g/mol. The smallest absolute Gasteiger partial charge is 0.475 e. The number of carboxylic acid groups (broad SMARTS) is 1. The fraction of sp³-hybridized carbons (Fsp3) is 0.333. The molecule has 0 saturated carbocycles. The lowest BCUT2D eigenvalue weighted by atomic mass is 9.96. The molecular formula is C33H35F3N6O3S. The molecule has 13 heteroatoms. The van der Waals surface area contributed by atoms with E-state index in [1.54, 1.807) is 11.3 Å². The average Bonchev–Trinajstić information content (AvgIpc) is 3.82. The number of amides is 1. The molecule has 0 unspecified atom stereocenters. The van der Waals surface area contributed by atoms with Crippen molar-refractivity contribution < 1.29 is 27.9 Å². The number of fused-ring (bicyclic) bond motifs is 1. The second kappa shape index (κ2) is 15.2. The first-order valence-electron chi connectivity index (χ1n) is 15.0. The normalized spacial score (nSPS) is 14.4. The first-order chi connectivity index (χ1) is 22.2. The monoisotopic (exact) mass is 652 g/mol. The van der Waals surface area contributed by atoms with Gasteiger partial charge < -0.3 is 25.3 Å². The standard InChI is InChI=1S/C31H34N6OS.C2HF3O2/c38-31(23-14-16-32-17-15-23)34-28(19-24-20-33-27-11-5-4-10-26(24)27)30-36-35-29(13-12-22-7-2-1-3-8-22)37(30)21-25-9-6-18-39-25;3-2(4,5)1(6)7/h1-11,18,20,23,28,32-33H,12-17,19,21H2,(H,34,38);(H,6,7)/t28-;/m1./s1. The summed E-state index contributed by atoms with van der Waals surface area (Å²) in [6.45, 7) is 2.45. The van der Waals surface area contributed by atoms with E-state index < -0.39 is 12.1 Å². The van der Waals surface area contributed by atoms with Gasteiger partial charge >= 0.3 is 12.1 Å². The third-order valence-electron chi connectivity index (χ3n) is 7.91. The Morgan fingerprint density at radius 3 is 2.41 bits per heavy atom. The van der Waals surface area contributed by atoms with Crippen LogP contribution in [0.2, 0.25) is 0 Å². The van der Waals surface area contributed by atoms with Crippen LogP contribution in [0, 0.1) is 5.92 Å². The summed E-state index contributed by atoms with van der Waals surface area (Å²) in [4.78, 5) is 27.1. The molecule has 46 heavy (non-hydrogen) atoms. The van der Waals surface area contributed by atoms with Crippen LogP contribution in [-0.4, -0.2) is 56.0 Å². The largest absolute Gasteiger partial charge is 0.490 e. The number of aliphatic carboxylic acids is 1. The van der Waals surface area contributed by atoms with Crippen LogP contribution in [0.25, 0.3) is 10.9 Å². The Morgan fingerprint density at radius 1 is 1.00 bits per heavy atom. The van der Waals surface area contributed by atoms with E-state index in [4.69, 9.17) is 20.1 Å². The lowest BCUT2D eigenvalue weighted by Crippen LogP contribution is -2.41. The number of thiophene rings is 1. The number of nitrogens with zero attached hydrogens (tertiary/aromatic N) is 3. The Bertz CT molecular complexity index is 1710. The van der Waals surface area contributed by atoms with E-state index in [0.29, 0.717) is 13.0 Å². The summed E-state index contributed by atoms with van der Waals surface area (Å²) in [5.41, 5.74) is 3.54. The molecule has 0 radical (unpaired) electrons.